The van der Waals surface area contributed by atoms with Gasteiger partial charge in [0.05, 0.1) is 37.1 Å². The van der Waals surface area contributed by atoms with E-state index in [2.05, 4.69) is 47.0 Å². The highest BCUT2D eigenvalue weighted by molar-refractivity contribution is 7.80. The first-order valence-corrected chi connectivity index (χ1v) is 22.1. The molecule has 9 unspecified atom stereocenters. The molecule has 0 spiro atoms. The van der Waals surface area contributed by atoms with Crippen LogP contribution in [0.5, 0.6) is 0 Å². The second kappa shape index (κ2) is 20.4. The largest absolute Gasteiger partial charge is 0.481 e. The zero-order chi connectivity index (χ0) is 42.1. The lowest BCUT2D eigenvalue weighted by atomic mass is 9.85. The number of hydrogen-bond donors (Lipinski definition) is 11. The molecule has 27 nitrogen and oxygen atoms in total. The maximum atomic E-state index is 12.8. The second-order valence-electron chi connectivity index (χ2n) is 11.9. The van der Waals surface area contributed by atoms with Crippen molar-refractivity contribution in [3.63, 3.8) is 0 Å². The summed E-state index contributed by atoms with van der Waals surface area (Å²) in [5, 5.41) is 26.5. The SMILES string of the molecule is CC(COC(=O)CCS(=O)O)(COP(=O)(O)OP(=O)(O)OCC1OC(n2cnc3c(N)ncnc32)C(O)C1OP(=O)(O)O)C(O)C(=O)NCCC(=O)NCCS. The molecule has 32 heteroatoms. The molecule has 2 amide bonds. The molecule has 1 aliphatic heterocycles. The molecule has 0 aromatic carbocycles. The molecule has 1 fully saturated rings. The summed E-state index contributed by atoms with van der Waals surface area (Å²) in [7, 11) is -16.8. The standard InChI is InChI=1S/C24H40N7O20P3S2/c1-24(9-46-15(33)3-7-56(44)45,19(35)22(36)27-4-2-14(32)26-5-6-55)10-48-54(42,43)51-53(40,41)47-8-13-18(50-52(37,38)39)17(34)23(49-13)31-12-30-16-20(25)28-11-29-21(16)31/h11-13,17-19,23,34-35,55H,2-10H2,1H3,(H,26,32)(H,27,36)(H,40,41)(H,42,43)(H,44,45)(H2,25,28,29)(H2,37,38,39). The number of aliphatic hydroxyl groups excluding tert-OH is 2. The minimum absolute atomic E-state index is 0.00847. The molecule has 9 atom stereocenters. The number of aliphatic hydroxyl groups is 2. The number of phosphoric ester groups is 3. The molecule has 56 heavy (non-hydrogen) atoms. The summed E-state index contributed by atoms with van der Waals surface area (Å²) < 4.78 is 87.2. The van der Waals surface area contributed by atoms with E-state index >= 15 is 0 Å². The molecule has 1 saturated heterocycles. The summed E-state index contributed by atoms with van der Waals surface area (Å²) in [5.41, 5.74) is 3.66. The predicted molar refractivity (Wildman–Crippen MR) is 189 cm³/mol. The maximum Gasteiger partial charge on any atom is 0.481 e. The average molecular weight is 904 g/mol. The highest BCUT2D eigenvalue weighted by Gasteiger charge is 2.50. The minimum atomic E-state index is -5.74. The van der Waals surface area contributed by atoms with Crippen LogP contribution in [0.1, 0.15) is 26.0 Å². The number of fused-ring (bicyclic) bond motifs is 1. The number of carbonyl (C=O) groups excluding carboxylic acids is 3. The van der Waals surface area contributed by atoms with Crippen molar-refractivity contribution in [3.8, 4) is 0 Å². The Morgan fingerprint density at radius 1 is 1.07 bits per heavy atom. The van der Waals surface area contributed by atoms with Gasteiger partial charge in [-0.25, -0.2) is 32.9 Å². The zero-order valence-corrected chi connectivity index (χ0v) is 33.3. The number of nitrogens with zero attached hydrogens (tertiary/aromatic N) is 4. The third-order valence-electron chi connectivity index (χ3n) is 7.43. The number of phosphoric acid groups is 3. The van der Waals surface area contributed by atoms with Crippen molar-refractivity contribution >= 4 is 81.9 Å². The number of nitrogens with one attached hydrogen (secondary N) is 2. The van der Waals surface area contributed by atoms with E-state index in [-0.39, 0.29) is 36.5 Å². The van der Waals surface area contributed by atoms with Gasteiger partial charge in [0.2, 0.25) is 11.8 Å². The summed E-state index contributed by atoms with van der Waals surface area (Å²) in [6.45, 7) is -2.41. The fraction of sp³-hybridized carbons (Fsp3) is 0.667. The van der Waals surface area contributed by atoms with Crippen molar-refractivity contribution in [2.24, 2.45) is 5.41 Å². The number of aromatic nitrogens is 4. The molecule has 2 aromatic heterocycles. The first-order valence-electron chi connectivity index (χ1n) is 15.7. The third kappa shape index (κ3) is 14.4. The summed E-state index contributed by atoms with van der Waals surface area (Å²) in [5.74, 6) is -3.03. The zero-order valence-electron chi connectivity index (χ0n) is 28.9. The van der Waals surface area contributed by atoms with Gasteiger partial charge in [-0.05, 0) is 0 Å². The maximum absolute atomic E-state index is 12.8. The van der Waals surface area contributed by atoms with E-state index in [1.165, 1.54) is 0 Å². The second-order valence-corrected chi connectivity index (χ2v) is 17.6. The smallest absolute Gasteiger partial charge is 0.465 e. The molecule has 11 N–H and O–H groups in total. The molecule has 0 radical (unpaired) electrons. The van der Waals surface area contributed by atoms with Gasteiger partial charge in [-0.2, -0.15) is 16.9 Å². The summed E-state index contributed by atoms with van der Waals surface area (Å²) in [6, 6.07) is 0. The molecule has 318 valence electrons. The Balaban J connectivity index is 1.71. The van der Waals surface area contributed by atoms with Crippen molar-refractivity contribution in [2.75, 3.05) is 50.1 Å². The van der Waals surface area contributed by atoms with Crippen molar-refractivity contribution in [1.82, 2.24) is 30.2 Å². The molecule has 0 bridgehead atoms. The molecular formula is C24H40N7O20P3S2. The van der Waals surface area contributed by atoms with E-state index < -0.39 is 120 Å². The number of nitrogen functional groups attached to an aromatic ring is 1. The number of nitrogens with two attached hydrogens (primary N) is 1. The van der Waals surface area contributed by atoms with Gasteiger partial charge in [-0.15, -0.1) is 0 Å². The van der Waals surface area contributed by atoms with E-state index in [4.69, 9.17) is 28.8 Å². The van der Waals surface area contributed by atoms with Crippen molar-refractivity contribution in [2.45, 2.75) is 50.4 Å². The molecular weight excluding hydrogens is 863 g/mol. The van der Waals surface area contributed by atoms with Crippen molar-refractivity contribution in [1.29, 1.82) is 0 Å². The number of imidazole rings is 1. The van der Waals surface area contributed by atoms with Gasteiger partial charge >= 0.3 is 29.4 Å². The van der Waals surface area contributed by atoms with Gasteiger partial charge in [0.25, 0.3) is 0 Å². The van der Waals surface area contributed by atoms with Gasteiger partial charge in [0.15, 0.2) is 28.8 Å². The summed E-state index contributed by atoms with van der Waals surface area (Å²) in [4.78, 5) is 87.9. The predicted octanol–water partition coefficient (Wildman–Crippen LogP) is -2.53. The van der Waals surface area contributed by atoms with Crippen LogP contribution in [0.15, 0.2) is 12.7 Å². The molecule has 1 aliphatic rings. The third-order valence-corrected chi connectivity index (χ3v) is 11.3. The Hall–Kier alpha value is -2.53. The van der Waals surface area contributed by atoms with Gasteiger partial charge in [0.1, 0.15) is 42.9 Å². The fourth-order valence-corrected chi connectivity index (χ4v) is 7.93. The van der Waals surface area contributed by atoms with Crippen LogP contribution in [0.3, 0.4) is 0 Å². The number of amides is 2. The number of anilines is 1. The summed E-state index contributed by atoms with van der Waals surface area (Å²) >= 11 is 1.56. The van der Waals surface area contributed by atoms with Crippen molar-refractivity contribution in [3.05, 3.63) is 12.7 Å². The highest BCUT2D eigenvalue weighted by atomic mass is 32.2. The highest BCUT2D eigenvalue weighted by Crippen LogP contribution is 2.61. The van der Waals surface area contributed by atoms with Gasteiger partial charge in [0, 0.05) is 25.3 Å². The van der Waals surface area contributed by atoms with Crippen LogP contribution in [-0.2, 0) is 66.5 Å². The number of thiol groups is 1. The van der Waals surface area contributed by atoms with Crippen LogP contribution in [0.4, 0.5) is 5.82 Å². The van der Waals surface area contributed by atoms with Gasteiger partial charge < -0.3 is 60.2 Å². The van der Waals surface area contributed by atoms with Crippen LogP contribution in [0.25, 0.3) is 11.2 Å². The van der Waals surface area contributed by atoms with Gasteiger partial charge in [-0.3, -0.25) is 32.5 Å². The first kappa shape index (κ1) is 47.8. The number of carbonyl (C=O) groups is 3. The van der Waals surface area contributed by atoms with E-state index in [0.717, 1.165) is 24.1 Å². The molecule has 0 aliphatic carbocycles. The normalized spacial score (nSPS) is 23.0. The van der Waals surface area contributed by atoms with E-state index in [9.17, 15) is 62.1 Å². The van der Waals surface area contributed by atoms with E-state index in [1.807, 2.05) is 0 Å². The first-order chi connectivity index (χ1) is 26.0. The van der Waals surface area contributed by atoms with E-state index in [1.54, 1.807) is 0 Å². The van der Waals surface area contributed by atoms with Crippen LogP contribution in [0, 0.1) is 5.41 Å². The Morgan fingerprint density at radius 3 is 2.39 bits per heavy atom. The topological polar surface area (TPSA) is 410 Å². The van der Waals surface area contributed by atoms with Crippen LogP contribution in [-0.4, -0.2) is 145 Å². The molecule has 0 saturated carbocycles. The lowest BCUT2D eigenvalue weighted by molar-refractivity contribution is -0.156. The number of ether oxygens (including phenoxy) is 2. The quantitative estimate of drug-likeness (QED) is 0.0237. The Kier molecular flexibility index (Phi) is 17.5. The Bertz CT molecular complexity index is 1870. The minimum Gasteiger partial charge on any atom is -0.465 e. The Morgan fingerprint density at radius 2 is 1.75 bits per heavy atom. The number of esters is 1. The summed E-state index contributed by atoms with van der Waals surface area (Å²) in [6.07, 6.45) is -8.23. The average Bonchev–Trinajstić information content (AvgIpc) is 3.66. The van der Waals surface area contributed by atoms with Crippen LogP contribution < -0.4 is 16.4 Å². The van der Waals surface area contributed by atoms with Gasteiger partial charge in [-0.1, -0.05) is 6.92 Å². The van der Waals surface area contributed by atoms with Crippen molar-refractivity contribution < 1.29 is 94.0 Å². The molecule has 3 rings (SSSR count). The monoisotopic (exact) mass is 903 g/mol. The molecule has 3 heterocycles. The fourth-order valence-electron chi connectivity index (χ4n) is 4.69. The number of hydrogen-bond acceptors (Lipinski definition) is 20. The van der Waals surface area contributed by atoms with Crippen LogP contribution >= 0.6 is 36.1 Å². The Labute approximate surface area is 324 Å². The van der Waals surface area contributed by atoms with Crippen LogP contribution in [0.2, 0.25) is 0 Å². The number of rotatable bonds is 23. The van der Waals surface area contributed by atoms with E-state index in [0.29, 0.717) is 5.75 Å². The lowest BCUT2D eigenvalue weighted by Crippen LogP contribution is -2.50. The molecule has 2 aromatic rings. The lowest BCUT2D eigenvalue weighted by Gasteiger charge is -2.33.